The monoisotopic (exact) mass is 404 g/mol. The van der Waals surface area contributed by atoms with Gasteiger partial charge in [-0.2, -0.15) is 0 Å². The van der Waals surface area contributed by atoms with Crippen LogP contribution in [0.15, 0.2) is 54.9 Å². The normalized spacial score (nSPS) is 10.9. The van der Waals surface area contributed by atoms with Crippen molar-refractivity contribution in [3.8, 4) is 22.9 Å². The highest BCUT2D eigenvalue weighted by molar-refractivity contribution is 6.34. The molecular formula is C22H17ClN4O2. The fourth-order valence-electron chi connectivity index (χ4n) is 2.98. The number of nitrogens with zero attached hydrogens (tertiary/aromatic N) is 3. The summed E-state index contributed by atoms with van der Waals surface area (Å²) < 4.78 is 6.25. The summed E-state index contributed by atoms with van der Waals surface area (Å²) in [6.45, 7) is 3.90. The quantitative estimate of drug-likeness (QED) is 0.524. The van der Waals surface area contributed by atoms with E-state index in [1.807, 2.05) is 38.1 Å². The minimum absolute atomic E-state index is 0.208. The van der Waals surface area contributed by atoms with Gasteiger partial charge in [-0.15, -0.1) is 0 Å². The van der Waals surface area contributed by atoms with E-state index in [0.717, 1.165) is 11.3 Å². The Morgan fingerprint density at radius 2 is 1.86 bits per heavy atom. The highest BCUT2D eigenvalue weighted by atomic mass is 35.5. The molecule has 6 nitrogen and oxygen atoms in total. The van der Waals surface area contributed by atoms with Gasteiger partial charge in [-0.05, 0) is 55.8 Å². The third kappa shape index (κ3) is 3.62. The van der Waals surface area contributed by atoms with Crippen molar-refractivity contribution in [2.75, 3.05) is 0 Å². The summed E-state index contributed by atoms with van der Waals surface area (Å²) in [5, 5.41) is 0.868. The van der Waals surface area contributed by atoms with Gasteiger partial charge in [0.1, 0.15) is 11.4 Å². The Morgan fingerprint density at radius 3 is 2.59 bits per heavy atom. The molecule has 4 rings (SSSR count). The van der Waals surface area contributed by atoms with Gasteiger partial charge in [0.05, 0.1) is 21.8 Å². The van der Waals surface area contributed by atoms with Crippen LogP contribution in [0.25, 0.3) is 22.3 Å². The highest BCUT2D eigenvalue weighted by Gasteiger charge is 2.16. The van der Waals surface area contributed by atoms with Crippen LogP contribution in [0.3, 0.4) is 0 Å². The predicted octanol–water partition coefficient (Wildman–Crippen LogP) is 4.85. The van der Waals surface area contributed by atoms with E-state index < -0.39 is 5.91 Å². The Labute approximate surface area is 172 Å². The molecule has 2 N–H and O–H groups in total. The maximum atomic E-state index is 11.7. The first-order valence-corrected chi connectivity index (χ1v) is 9.27. The zero-order valence-corrected chi connectivity index (χ0v) is 16.6. The fraction of sp³-hybridized carbons (Fsp3) is 0.0909. The predicted molar refractivity (Wildman–Crippen MR) is 112 cm³/mol. The third-order valence-corrected chi connectivity index (χ3v) is 4.93. The van der Waals surface area contributed by atoms with Crippen LogP contribution < -0.4 is 10.5 Å². The lowest BCUT2D eigenvalue weighted by Crippen LogP contribution is -2.11. The Hall–Kier alpha value is -3.51. The Balaban J connectivity index is 1.88. The molecule has 144 valence electrons. The Morgan fingerprint density at radius 1 is 1.03 bits per heavy atom. The van der Waals surface area contributed by atoms with E-state index in [-0.39, 0.29) is 10.6 Å². The number of nitrogens with two attached hydrogens (primary N) is 1. The van der Waals surface area contributed by atoms with Crippen LogP contribution in [0.2, 0.25) is 5.02 Å². The number of pyridine rings is 3. The first kappa shape index (κ1) is 18.8. The number of halogens is 1. The van der Waals surface area contributed by atoms with Crippen molar-refractivity contribution in [2.45, 2.75) is 13.8 Å². The van der Waals surface area contributed by atoms with E-state index in [2.05, 4.69) is 15.0 Å². The molecule has 4 aromatic rings. The Bertz CT molecular complexity index is 1240. The van der Waals surface area contributed by atoms with Crippen LogP contribution in [-0.2, 0) is 0 Å². The first-order valence-electron chi connectivity index (χ1n) is 8.89. The van der Waals surface area contributed by atoms with Crippen molar-refractivity contribution >= 4 is 28.4 Å². The maximum absolute atomic E-state index is 11.7. The number of carbonyl (C=O) groups is 1. The number of fused-ring (bicyclic) bond motifs is 1. The lowest BCUT2D eigenvalue weighted by molar-refractivity contribution is 0.100. The number of aromatic nitrogens is 3. The van der Waals surface area contributed by atoms with Crippen LogP contribution >= 0.6 is 11.6 Å². The van der Waals surface area contributed by atoms with Crippen molar-refractivity contribution in [3.05, 3.63) is 76.7 Å². The number of ether oxygens (including phenoxy) is 1. The molecule has 0 aliphatic heterocycles. The maximum Gasteiger partial charge on any atom is 0.250 e. The van der Waals surface area contributed by atoms with E-state index in [9.17, 15) is 4.79 Å². The van der Waals surface area contributed by atoms with Crippen molar-refractivity contribution in [2.24, 2.45) is 5.73 Å². The smallest absolute Gasteiger partial charge is 0.250 e. The van der Waals surface area contributed by atoms with E-state index in [1.165, 1.54) is 0 Å². The zero-order chi connectivity index (χ0) is 20.5. The summed E-state index contributed by atoms with van der Waals surface area (Å²) >= 11 is 6.15. The van der Waals surface area contributed by atoms with Crippen LogP contribution in [0, 0.1) is 13.8 Å². The average Bonchev–Trinajstić information content (AvgIpc) is 2.70. The second-order valence-electron chi connectivity index (χ2n) is 6.58. The standard InChI is InChI=1S/C22H17ClN4O2/c1-12-9-20(21(27-13(12)2)17-5-3-4-7-25-17)29-19-6-8-26-18-11-16(23)14(22(24)28)10-15(18)19/h3-11H,1-2H3,(H2,24,28). The van der Waals surface area contributed by atoms with Crippen LogP contribution in [0.1, 0.15) is 21.6 Å². The number of hydrogen-bond acceptors (Lipinski definition) is 5. The summed E-state index contributed by atoms with van der Waals surface area (Å²) in [5.41, 5.74) is 9.44. The first-order chi connectivity index (χ1) is 13.9. The summed E-state index contributed by atoms with van der Waals surface area (Å²) in [6, 6.07) is 12.4. The average molecular weight is 405 g/mol. The van der Waals surface area contributed by atoms with Crippen LogP contribution in [0.4, 0.5) is 0 Å². The molecule has 0 saturated carbocycles. The highest BCUT2D eigenvalue weighted by Crippen LogP contribution is 2.36. The van der Waals surface area contributed by atoms with E-state index in [0.29, 0.717) is 33.8 Å². The summed E-state index contributed by atoms with van der Waals surface area (Å²) in [4.78, 5) is 25.1. The van der Waals surface area contributed by atoms with Gasteiger partial charge in [-0.1, -0.05) is 17.7 Å². The molecule has 1 aromatic carbocycles. The summed E-state index contributed by atoms with van der Waals surface area (Å²) in [6.07, 6.45) is 3.33. The third-order valence-electron chi connectivity index (χ3n) is 4.61. The van der Waals surface area contributed by atoms with Crippen LogP contribution in [-0.4, -0.2) is 20.9 Å². The molecule has 1 amide bonds. The van der Waals surface area contributed by atoms with E-state index >= 15 is 0 Å². The largest absolute Gasteiger partial charge is 0.454 e. The van der Waals surface area contributed by atoms with Gasteiger partial charge in [0, 0.05) is 23.5 Å². The number of aryl methyl sites for hydroxylation is 2. The molecule has 3 aromatic heterocycles. The molecule has 0 fully saturated rings. The summed E-state index contributed by atoms with van der Waals surface area (Å²) in [5.74, 6) is 0.444. The molecule has 29 heavy (non-hydrogen) atoms. The van der Waals surface area contributed by atoms with Crippen molar-refractivity contribution in [1.82, 2.24) is 15.0 Å². The minimum Gasteiger partial charge on any atom is -0.454 e. The Kier molecular flexibility index (Phi) is 4.86. The number of carbonyl (C=O) groups excluding carboxylic acids is 1. The molecule has 0 radical (unpaired) electrons. The van der Waals surface area contributed by atoms with E-state index in [1.54, 1.807) is 30.6 Å². The van der Waals surface area contributed by atoms with Gasteiger partial charge in [-0.3, -0.25) is 14.8 Å². The lowest BCUT2D eigenvalue weighted by Gasteiger charge is -2.14. The number of hydrogen-bond donors (Lipinski definition) is 1. The van der Waals surface area contributed by atoms with E-state index in [4.69, 9.17) is 22.1 Å². The topological polar surface area (TPSA) is 91.0 Å². The molecule has 7 heteroatoms. The number of benzene rings is 1. The molecule has 0 saturated heterocycles. The van der Waals surface area contributed by atoms with Gasteiger partial charge in [0.2, 0.25) is 5.91 Å². The second kappa shape index (κ2) is 7.48. The second-order valence-corrected chi connectivity index (χ2v) is 6.98. The minimum atomic E-state index is -0.617. The molecule has 0 atom stereocenters. The van der Waals surface area contributed by atoms with Crippen molar-refractivity contribution in [1.29, 1.82) is 0 Å². The number of primary amides is 1. The fourth-order valence-corrected chi connectivity index (χ4v) is 3.23. The molecule has 0 bridgehead atoms. The molecular weight excluding hydrogens is 388 g/mol. The number of amides is 1. The molecule has 3 heterocycles. The lowest BCUT2D eigenvalue weighted by atomic mass is 10.1. The van der Waals surface area contributed by atoms with Gasteiger partial charge in [-0.25, -0.2) is 4.98 Å². The SMILES string of the molecule is Cc1cc(Oc2ccnc3cc(Cl)c(C(N)=O)cc23)c(-c2ccccn2)nc1C. The molecule has 0 aliphatic rings. The van der Waals surface area contributed by atoms with Gasteiger partial charge in [0.25, 0.3) is 0 Å². The van der Waals surface area contributed by atoms with Gasteiger partial charge < -0.3 is 10.5 Å². The summed E-state index contributed by atoms with van der Waals surface area (Å²) in [7, 11) is 0. The van der Waals surface area contributed by atoms with Gasteiger partial charge >= 0.3 is 0 Å². The van der Waals surface area contributed by atoms with Gasteiger partial charge in [0.15, 0.2) is 5.75 Å². The molecule has 0 aliphatic carbocycles. The van der Waals surface area contributed by atoms with Crippen molar-refractivity contribution in [3.63, 3.8) is 0 Å². The van der Waals surface area contributed by atoms with Crippen molar-refractivity contribution < 1.29 is 9.53 Å². The molecule has 0 spiro atoms. The number of rotatable bonds is 4. The zero-order valence-electron chi connectivity index (χ0n) is 15.8. The van der Waals surface area contributed by atoms with Crippen LogP contribution in [0.5, 0.6) is 11.5 Å². The molecule has 0 unspecified atom stereocenters.